The second-order valence-corrected chi connectivity index (χ2v) is 9.40. The molecule has 1 fully saturated rings. The Kier molecular flexibility index (Phi) is 6.76. The predicted octanol–water partition coefficient (Wildman–Crippen LogP) is 4.85. The van der Waals surface area contributed by atoms with Crippen LogP contribution in [0.4, 0.5) is 0 Å². The fourth-order valence-corrected chi connectivity index (χ4v) is 5.13. The van der Waals surface area contributed by atoms with Crippen molar-refractivity contribution in [1.29, 1.82) is 0 Å². The molecule has 1 aromatic heterocycles. The third-order valence-corrected chi connectivity index (χ3v) is 7.22. The molecule has 0 saturated carbocycles. The van der Waals surface area contributed by atoms with Gasteiger partial charge in [0.1, 0.15) is 5.75 Å². The molecule has 3 aromatic rings. The lowest BCUT2D eigenvalue weighted by molar-refractivity contribution is -0.131. The van der Waals surface area contributed by atoms with Gasteiger partial charge in [-0.15, -0.1) is 0 Å². The zero-order valence-electron chi connectivity index (χ0n) is 18.4. The molecule has 1 aliphatic rings. The van der Waals surface area contributed by atoms with Gasteiger partial charge in [-0.2, -0.15) is 0 Å². The van der Waals surface area contributed by atoms with Crippen LogP contribution in [0.3, 0.4) is 0 Å². The van der Waals surface area contributed by atoms with Crippen molar-refractivity contribution >= 4 is 40.2 Å². The number of rotatable bonds is 5. The van der Waals surface area contributed by atoms with Crippen LogP contribution in [-0.4, -0.2) is 45.8 Å². The number of likely N-dealkylation sites (tertiary alicyclic amines) is 1. The molecule has 0 spiro atoms. The van der Waals surface area contributed by atoms with Gasteiger partial charge in [0.05, 0.1) is 29.5 Å². The molecule has 1 aliphatic heterocycles. The predicted molar refractivity (Wildman–Crippen MR) is 129 cm³/mol. The number of para-hydroxylation sites is 1. The maximum atomic E-state index is 13.5. The first kappa shape index (κ1) is 22.7. The molecular formula is C24H26ClN3O3S. The van der Waals surface area contributed by atoms with Gasteiger partial charge in [-0.1, -0.05) is 35.5 Å². The number of aryl methyl sites for hydroxylation is 1. The van der Waals surface area contributed by atoms with Gasteiger partial charge in [-0.3, -0.25) is 14.2 Å². The lowest BCUT2D eigenvalue weighted by Crippen LogP contribution is -2.43. The summed E-state index contributed by atoms with van der Waals surface area (Å²) in [5.41, 5.74) is 1.76. The maximum absolute atomic E-state index is 13.5. The summed E-state index contributed by atoms with van der Waals surface area (Å²) in [4.78, 5) is 33.2. The first-order valence-electron chi connectivity index (χ1n) is 10.7. The van der Waals surface area contributed by atoms with E-state index < -0.39 is 0 Å². The van der Waals surface area contributed by atoms with Gasteiger partial charge in [-0.25, -0.2) is 4.98 Å². The van der Waals surface area contributed by atoms with Gasteiger partial charge >= 0.3 is 0 Å². The van der Waals surface area contributed by atoms with Crippen LogP contribution < -0.4 is 10.3 Å². The van der Waals surface area contributed by atoms with Crippen LogP contribution in [0.1, 0.15) is 31.7 Å². The smallest absolute Gasteiger partial charge is 0.266 e. The molecule has 0 bridgehead atoms. The van der Waals surface area contributed by atoms with Crippen molar-refractivity contribution in [3.05, 3.63) is 57.3 Å². The summed E-state index contributed by atoms with van der Waals surface area (Å²) in [5.74, 6) is 0.748. The van der Waals surface area contributed by atoms with Crippen molar-refractivity contribution in [2.45, 2.75) is 44.3 Å². The molecule has 1 unspecified atom stereocenters. The average Bonchev–Trinajstić information content (AvgIpc) is 2.79. The monoisotopic (exact) mass is 471 g/mol. The van der Waals surface area contributed by atoms with Crippen LogP contribution in [0.25, 0.3) is 16.6 Å². The van der Waals surface area contributed by atoms with Gasteiger partial charge in [0, 0.05) is 23.7 Å². The summed E-state index contributed by atoms with van der Waals surface area (Å²) < 4.78 is 7.07. The fraction of sp³-hybridized carbons (Fsp3) is 0.375. The van der Waals surface area contributed by atoms with Gasteiger partial charge in [0.15, 0.2) is 5.16 Å². The highest BCUT2D eigenvalue weighted by Gasteiger charge is 2.24. The molecule has 2 heterocycles. The number of amides is 1. The zero-order chi connectivity index (χ0) is 22.8. The highest BCUT2D eigenvalue weighted by atomic mass is 35.5. The lowest BCUT2D eigenvalue weighted by atomic mass is 10.0. The molecule has 1 amide bonds. The topological polar surface area (TPSA) is 64.4 Å². The van der Waals surface area contributed by atoms with Crippen LogP contribution in [0.15, 0.2) is 46.3 Å². The molecule has 0 radical (unpaired) electrons. The third-order valence-electron chi connectivity index (χ3n) is 5.89. The van der Waals surface area contributed by atoms with E-state index in [9.17, 15) is 9.59 Å². The number of benzene rings is 2. The van der Waals surface area contributed by atoms with E-state index in [1.807, 2.05) is 36.1 Å². The maximum Gasteiger partial charge on any atom is 0.266 e. The molecule has 2 aromatic carbocycles. The molecule has 1 atom stereocenters. The highest BCUT2D eigenvalue weighted by Crippen LogP contribution is 2.32. The first-order valence-corrected chi connectivity index (χ1v) is 12.1. The number of aromatic nitrogens is 2. The van der Waals surface area contributed by atoms with Crippen molar-refractivity contribution < 1.29 is 9.53 Å². The van der Waals surface area contributed by atoms with E-state index in [-0.39, 0.29) is 23.3 Å². The van der Waals surface area contributed by atoms with E-state index in [2.05, 4.69) is 6.92 Å². The molecule has 168 valence electrons. The van der Waals surface area contributed by atoms with Gasteiger partial charge in [0.2, 0.25) is 5.91 Å². The molecule has 8 heteroatoms. The van der Waals surface area contributed by atoms with E-state index in [4.69, 9.17) is 21.3 Å². The number of nitrogens with zero attached hydrogens (tertiary/aromatic N) is 3. The Morgan fingerprint density at radius 1 is 1.28 bits per heavy atom. The van der Waals surface area contributed by atoms with Gasteiger partial charge in [-0.05, 0) is 56.9 Å². The second-order valence-electron chi connectivity index (χ2n) is 8.05. The molecule has 0 aliphatic carbocycles. The van der Waals surface area contributed by atoms with Crippen molar-refractivity contribution in [2.24, 2.45) is 0 Å². The normalized spacial score (nSPS) is 16.4. The minimum absolute atomic E-state index is 0.0652. The number of hydrogen-bond donors (Lipinski definition) is 0. The molecule has 1 saturated heterocycles. The Morgan fingerprint density at radius 3 is 2.81 bits per heavy atom. The van der Waals surface area contributed by atoms with E-state index in [0.717, 1.165) is 31.4 Å². The summed E-state index contributed by atoms with van der Waals surface area (Å²) in [6.07, 6.45) is 3.21. The van der Waals surface area contributed by atoms with Crippen LogP contribution >= 0.6 is 23.4 Å². The Morgan fingerprint density at radius 2 is 2.06 bits per heavy atom. The van der Waals surface area contributed by atoms with Gasteiger partial charge < -0.3 is 9.64 Å². The standard InChI is InChI=1S/C24H26ClN3O3S/c1-15-12-20(21(31-3)13-18(15)25)28-23(30)17-9-4-5-10-19(17)26-24(28)32-14-22(29)27-11-7-6-8-16(27)2/h4-5,9-10,12-13,16H,6-8,11,14H2,1-3H3. The minimum Gasteiger partial charge on any atom is -0.495 e. The van der Waals surface area contributed by atoms with Crippen molar-refractivity contribution in [2.75, 3.05) is 19.4 Å². The number of hydrogen-bond acceptors (Lipinski definition) is 5. The fourth-order valence-electron chi connectivity index (χ4n) is 4.09. The quantitative estimate of drug-likeness (QED) is 0.393. The van der Waals surface area contributed by atoms with Crippen LogP contribution in [0, 0.1) is 6.92 Å². The van der Waals surface area contributed by atoms with E-state index in [0.29, 0.717) is 32.5 Å². The number of methoxy groups -OCH3 is 1. The third kappa shape index (κ3) is 4.36. The van der Waals surface area contributed by atoms with Crippen LogP contribution in [0.2, 0.25) is 5.02 Å². The van der Waals surface area contributed by atoms with E-state index in [1.54, 1.807) is 12.1 Å². The molecule has 6 nitrogen and oxygen atoms in total. The number of carbonyl (C=O) groups excluding carboxylic acids is 1. The van der Waals surface area contributed by atoms with Crippen molar-refractivity contribution in [3.63, 3.8) is 0 Å². The average molecular weight is 472 g/mol. The Hall–Kier alpha value is -2.51. The summed E-state index contributed by atoms with van der Waals surface area (Å²) >= 11 is 7.57. The van der Waals surface area contributed by atoms with E-state index >= 15 is 0 Å². The van der Waals surface area contributed by atoms with Crippen LogP contribution in [-0.2, 0) is 4.79 Å². The number of fused-ring (bicyclic) bond motifs is 1. The first-order chi connectivity index (χ1) is 15.4. The summed E-state index contributed by atoms with van der Waals surface area (Å²) in [5, 5.41) is 1.50. The highest BCUT2D eigenvalue weighted by molar-refractivity contribution is 7.99. The summed E-state index contributed by atoms with van der Waals surface area (Å²) in [6.45, 7) is 4.74. The Balaban J connectivity index is 1.79. The summed E-state index contributed by atoms with van der Waals surface area (Å²) in [6, 6.07) is 11.0. The van der Waals surface area contributed by atoms with Gasteiger partial charge in [0.25, 0.3) is 5.56 Å². The van der Waals surface area contributed by atoms with Crippen LogP contribution in [0.5, 0.6) is 5.75 Å². The van der Waals surface area contributed by atoms with Crippen molar-refractivity contribution in [1.82, 2.24) is 14.5 Å². The van der Waals surface area contributed by atoms with E-state index in [1.165, 1.54) is 23.4 Å². The largest absolute Gasteiger partial charge is 0.495 e. The minimum atomic E-state index is -0.211. The molecule has 32 heavy (non-hydrogen) atoms. The molecule has 0 N–H and O–H groups in total. The zero-order valence-corrected chi connectivity index (χ0v) is 20.0. The number of thioether (sulfide) groups is 1. The lowest BCUT2D eigenvalue weighted by Gasteiger charge is -2.33. The molecular weight excluding hydrogens is 446 g/mol. The Bertz CT molecular complexity index is 1230. The Labute approximate surface area is 196 Å². The SMILES string of the molecule is COc1cc(Cl)c(C)cc1-n1c(SCC(=O)N2CCCCC2C)nc2ccccc2c1=O. The second kappa shape index (κ2) is 9.55. The number of ether oxygens (including phenoxy) is 1. The molecule has 4 rings (SSSR count). The van der Waals surface area contributed by atoms with Crippen molar-refractivity contribution in [3.8, 4) is 11.4 Å². The summed E-state index contributed by atoms with van der Waals surface area (Å²) in [7, 11) is 1.54. The number of carbonyl (C=O) groups is 1. The number of piperidine rings is 1. The number of halogens is 1.